The number of hydrogen-bond donors (Lipinski definition) is 1. The largest absolute Gasteiger partial charge is 0.370 e. The molecule has 26 heavy (non-hydrogen) atoms. The number of benzene rings is 1. The second kappa shape index (κ2) is 7.07. The first-order valence-corrected chi connectivity index (χ1v) is 9.38. The van der Waals surface area contributed by atoms with Crippen LogP contribution in [0.15, 0.2) is 51.2 Å². The van der Waals surface area contributed by atoms with E-state index in [1.54, 1.807) is 38.2 Å². The molecule has 0 bridgehead atoms. The van der Waals surface area contributed by atoms with Crippen LogP contribution in [-0.2, 0) is 21.1 Å². The number of hydrogen-bond acceptors (Lipinski definition) is 7. The fourth-order valence-corrected chi connectivity index (χ4v) is 4.24. The van der Waals surface area contributed by atoms with Gasteiger partial charge in [-0.25, -0.2) is 27.7 Å². The van der Waals surface area contributed by atoms with E-state index in [-0.39, 0.29) is 27.8 Å². The number of isocyanates is 1. The van der Waals surface area contributed by atoms with E-state index in [2.05, 4.69) is 20.4 Å². The molecule has 3 rings (SSSR count). The van der Waals surface area contributed by atoms with E-state index in [4.69, 9.17) is 0 Å². The van der Waals surface area contributed by atoms with Crippen molar-refractivity contribution >= 4 is 27.4 Å². The van der Waals surface area contributed by atoms with Crippen molar-refractivity contribution in [2.75, 3.05) is 18.9 Å². The predicted molar refractivity (Wildman–Crippen MR) is 95.9 cm³/mol. The Morgan fingerprint density at radius 2 is 2.00 bits per heavy atom. The van der Waals surface area contributed by atoms with Crippen LogP contribution in [0.2, 0.25) is 0 Å². The Balaban J connectivity index is 2.27. The molecule has 9 heteroatoms. The van der Waals surface area contributed by atoms with Gasteiger partial charge in [-0.2, -0.15) is 0 Å². The molecule has 0 saturated carbocycles. The van der Waals surface area contributed by atoms with Crippen molar-refractivity contribution < 1.29 is 13.2 Å². The molecule has 8 nitrogen and oxygen atoms in total. The van der Waals surface area contributed by atoms with Gasteiger partial charge in [-0.1, -0.05) is 18.2 Å². The lowest BCUT2D eigenvalue weighted by atomic mass is 10.2. The quantitative estimate of drug-likeness (QED) is 0.523. The molecular weight excluding hydrogens is 354 g/mol. The maximum Gasteiger partial charge on any atom is 0.234 e. The molecular formula is C17H17N5O3S. The van der Waals surface area contributed by atoms with Gasteiger partial charge in [0.2, 0.25) is 15.9 Å². The summed E-state index contributed by atoms with van der Waals surface area (Å²) in [4.78, 5) is 18.4. The van der Waals surface area contributed by atoms with Crippen molar-refractivity contribution in [2.24, 2.45) is 4.99 Å². The van der Waals surface area contributed by atoms with Gasteiger partial charge in [-0.15, -0.1) is 5.10 Å². The molecule has 0 aliphatic rings. The van der Waals surface area contributed by atoms with Crippen molar-refractivity contribution in [3.8, 4) is 0 Å². The van der Waals surface area contributed by atoms with E-state index in [1.807, 2.05) is 0 Å². The van der Waals surface area contributed by atoms with Crippen LogP contribution >= 0.6 is 0 Å². The highest BCUT2D eigenvalue weighted by Gasteiger charge is 2.29. The molecule has 0 radical (unpaired) electrons. The van der Waals surface area contributed by atoms with E-state index in [0.29, 0.717) is 17.8 Å². The molecule has 1 N–H and O–H groups in total. The fraction of sp³-hybridized carbons (Fsp3) is 0.235. The third kappa shape index (κ3) is 3.10. The van der Waals surface area contributed by atoms with E-state index in [9.17, 15) is 13.2 Å². The fourth-order valence-electron chi connectivity index (χ4n) is 2.72. The van der Waals surface area contributed by atoms with Crippen LogP contribution < -0.4 is 5.32 Å². The highest BCUT2D eigenvalue weighted by atomic mass is 32.2. The molecule has 0 saturated heterocycles. The summed E-state index contributed by atoms with van der Waals surface area (Å²) in [5.74, 6) is 0.215. The average Bonchev–Trinajstić information content (AvgIpc) is 3.02. The van der Waals surface area contributed by atoms with Crippen molar-refractivity contribution in [1.29, 1.82) is 0 Å². The minimum Gasteiger partial charge on any atom is -0.370 e. The molecule has 0 unspecified atom stereocenters. The lowest BCUT2D eigenvalue weighted by Crippen LogP contribution is -2.07. The Hall–Kier alpha value is -3.03. The van der Waals surface area contributed by atoms with Crippen LogP contribution in [0.3, 0.4) is 0 Å². The number of nitrogens with zero attached hydrogens (tertiary/aromatic N) is 4. The summed E-state index contributed by atoms with van der Waals surface area (Å²) in [7, 11) is -2.21. The SMILES string of the molecule is CNc1nn2c(CCN=C=O)cc(C)nc2c1S(=O)(=O)c1ccccc1. The summed E-state index contributed by atoms with van der Waals surface area (Å²) in [5.41, 5.74) is 1.59. The van der Waals surface area contributed by atoms with E-state index in [0.717, 1.165) is 0 Å². The summed E-state index contributed by atoms with van der Waals surface area (Å²) in [6.07, 6.45) is 1.90. The first-order chi connectivity index (χ1) is 12.5. The molecule has 0 aliphatic carbocycles. The van der Waals surface area contributed by atoms with Gasteiger partial charge in [0.15, 0.2) is 16.4 Å². The summed E-state index contributed by atoms with van der Waals surface area (Å²) >= 11 is 0. The topological polar surface area (TPSA) is 106 Å². The second-order valence-corrected chi connectivity index (χ2v) is 7.48. The number of aryl methyl sites for hydroxylation is 1. The summed E-state index contributed by atoms with van der Waals surface area (Å²) in [6.45, 7) is 2.01. The first kappa shape index (κ1) is 17.8. The molecule has 0 aliphatic heterocycles. The summed E-state index contributed by atoms with van der Waals surface area (Å²) in [6, 6.07) is 9.95. The monoisotopic (exact) mass is 371 g/mol. The van der Waals surface area contributed by atoms with Crippen LogP contribution in [0.5, 0.6) is 0 Å². The van der Waals surface area contributed by atoms with Gasteiger partial charge in [0.25, 0.3) is 0 Å². The normalized spacial score (nSPS) is 11.3. The Labute approximate surface area is 150 Å². The predicted octanol–water partition coefficient (Wildman–Crippen LogP) is 1.79. The highest BCUT2D eigenvalue weighted by Crippen LogP contribution is 2.31. The average molecular weight is 371 g/mol. The Morgan fingerprint density at radius 3 is 2.65 bits per heavy atom. The Morgan fingerprint density at radius 1 is 1.27 bits per heavy atom. The minimum atomic E-state index is -3.82. The van der Waals surface area contributed by atoms with Gasteiger partial charge in [0, 0.05) is 24.9 Å². The second-order valence-electron chi connectivity index (χ2n) is 5.59. The number of sulfone groups is 1. The number of fused-ring (bicyclic) bond motifs is 1. The van der Waals surface area contributed by atoms with Crippen molar-refractivity contribution in [1.82, 2.24) is 14.6 Å². The number of nitrogens with one attached hydrogen (secondary N) is 1. The zero-order chi connectivity index (χ0) is 18.7. The Bertz CT molecular complexity index is 1100. The Kier molecular flexibility index (Phi) is 4.83. The van der Waals surface area contributed by atoms with Gasteiger partial charge in [-0.3, -0.25) is 0 Å². The standard InChI is InChI=1S/C17H17N5O3S/c1-12-10-13(8-9-19-11-23)22-17(20-12)15(16(18-2)21-22)26(24,25)14-6-4-3-5-7-14/h3-7,10H,8-9H2,1-2H3,(H,18,21). The third-order valence-electron chi connectivity index (χ3n) is 3.85. The zero-order valence-electron chi connectivity index (χ0n) is 14.3. The van der Waals surface area contributed by atoms with Crippen molar-refractivity contribution in [3.63, 3.8) is 0 Å². The zero-order valence-corrected chi connectivity index (χ0v) is 15.1. The number of anilines is 1. The van der Waals surface area contributed by atoms with Gasteiger partial charge >= 0.3 is 0 Å². The molecule has 2 aromatic heterocycles. The number of carbonyl (C=O) groups excluding carboxylic acids is 1. The lowest BCUT2D eigenvalue weighted by molar-refractivity contribution is 0.562. The smallest absolute Gasteiger partial charge is 0.234 e. The van der Waals surface area contributed by atoms with Crippen molar-refractivity contribution in [2.45, 2.75) is 23.1 Å². The summed E-state index contributed by atoms with van der Waals surface area (Å²) in [5, 5.41) is 7.20. The molecule has 134 valence electrons. The molecule has 0 atom stereocenters. The molecule has 1 aromatic carbocycles. The lowest BCUT2D eigenvalue weighted by Gasteiger charge is -2.06. The maximum absolute atomic E-state index is 13.2. The van der Waals surface area contributed by atoms with Crippen molar-refractivity contribution in [3.05, 3.63) is 47.8 Å². The minimum absolute atomic E-state index is 0.0232. The van der Waals surface area contributed by atoms with E-state index in [1.165, 1.54) is 22.7 Å². The van der Waals surface area contributed by atoms with E-state index >= 15 is 0 Å². The van der Waals surface area contributed by atoms with Crippen LogP contribution in [0.4, 0.5) is 5.82 Å². The third-order valence-corrected chi connectivity index (χ3v) is 5.66. The maximum atomic E-state index is 13.2. The van der Waals surface area contributed by atoms with Crippen LogP contribution in [0.25, 0.3) is 5.65 Å². The van der Waals surface area contributed by atoms with Crippen LogP contribution in [0, 0.1) is 6.92 Å². The number of aliphatic imine (C=N–C) groups is 1. The summed E-state index contributed by atoms with van der Waals surface area (Å²) < 4.78 is 27.8. The van der Waals surface area contributed by atoms with Crippen LogP contribution in [-0.4, -0.2) is 42.7 Å². The molecule has 3 aromatic rings. The van der Waals surface area contributed by atoms with Gasteiger partial charge in [0.1, 0.15) is 0 Å². The molecule has 0 amide bonds. The van der Waals surface area contributed by atoms with Gasteiger partial charge in [-0.05, 0) is 25.1 Å². The molecule has 0 fully saturated rings. The van der Waals surface area contributed by atoms with Gasteiger partial charge < -0.3 is 5.32 Å². The first-order valence-electron chi connectivity index (χ1n) is 7.90. The molecule has 0 spiro atoms. The van der Waals surface area contributed by atoms with Crippen LogP contribution in [0.1, 0.15) is 11.4 Å². The molecule has 2 heterocycles. The van der Waals surface area contributed by atoms with Gasteiger partial charge in [0.05, 0.1) is 11.4 Å². The number of aromatic nitrogens is 3. The van der Waals surface area contributed by atoms with E-state index < -0.39 is 9.84 Å². The number of rotatable bonds is 6. The highest BCUT2D eigenvalue weighted by molar-refractivity contribution is 7.91.